The number of hydrogen-bond donors (Lipinski definition) is 2. The van der Waals surface area contributed by atoms with E-state index in [1.54, 1.807) is 11.3 Å². The fourth-order valence-electron chi connectivity index (χ4n) is 2.57. The average molecular weight is 281 g/mol. The highest BCUT2D eigenvalue weighted by molar-refractivity contribution is 7.10. The lowest BCUT2D eigenvalue weighted by molar-refractivity contribution is -0.123. The summed E-state index contributed by atoms with van der Waals surface area (Å²) in [4.78, 5) is 15.5. The van der Waals surface area contributed by atoms with Gasteiger partial charge >= 0.3 is 0 Å². The van der Waals surface area contributed by atoms with Crippen LogP contribution in [0.4, 0.5) is 0 Å². The molecule has 1 aliphatic rings. The van der Waals surface area contributed by atoms with Crippen molar-refractivity contribution in [2.45, 2.75) is 44.8 Å². The monoisotopic (exact) mass is 281 g/mol. The van der Waals surface area contributed by atoms with Gasteiger partial charge in [-0.2, -0.15) is 0 Å². The van der Waals surface area contributed by atoms with E-state index in [1.807, 2.05) is 18.4 Å². The molecule has 3 atom stereocenters. The number of piperidine rings is 1. The van der Waals surface area contributed by atoms with E-state index in [1.165, 1.54) is 4.88 Å². The number of carbonyl (C=O) groups is 1. The first-order chi connectivity index (χ1) is 9.06. The molecule has 0 radical (unpaired) electrons. The molecule has 0 saturated carbocycles. The quantitative estimate of drug-likeness (QED) is 0.884. The minimum atomic E-state index is 0.0925. The van der Waals surface area contributed by atoms with E-state index in [2.05, 4.69) is 23.2 Å². The molecule has 2 rings (SSSR count). The molecule has 19 heavy (non-hydrogen) atoms. The Labute approximate surface area is 119 Å². The van der Waals surface area contributed by atoms with E-state index in [0.29, 0.717) is 18.6 Å². The molecule has 1 saturated heterocycles. The second-order valence-corrected chi connectivity index (χ2v) is 6.39. The Morgan fingerprint density at radius 3 is 3.11 bits per heavy atom. The summed E-state index contributed by atoms with van der Waals surface area (Å²) < 4.78 is 0. The Balaban J connectivity index is 1.81. The highest BCUT2D eigenvalue weighted by Crippen LogP contribution is 2.19. The topological polar surface area (TPSA) is 58.4 Å². The molecule has 3 N–H and O–H groups in total. The first kappa shape index (κ1) is 14.5. The van der Waals surface area contributed by atoms with E-state index in [9.17, 15) is 4.79 Å². The summed E-state index contributed by atoms with van der Waals surface area (Å²) in [6, 6.07) is 4.84. The molecule has 3 unspecified atom stereocenters. The smallest absolute Gasteiger partial charge is 0.234 e. The van der Waals surface area contributed by atoms with Gasteiger partial charge in [-0.15, -0.1) is 11.3 Å². The van der Waals surface area contributed by atoms with Gasteiger partial charge in [0.2, 0.25) is 5.91 Å². The lowest BCUT2D eigenvalue weighted by Crippen LogP contribution is -2.49. The van der Waals surface area contributed by atoms with Crippen LogP contribution in [0.2, 0.25) is 0 Å². The van der Waals surface area contributed by atoms with Crippen molar-refractivity contribution in [1.29, 1.82) is 0 Å². The number of nitrogens with one attached hydrogen (secondary N) is 1. The van der Waals surface area contributed by atoms with Gasteiger partial charge in [0, 0.05) is 23.5 Å². The molecular formula is C14H23N3OS. The van der Waals surface area contributed by atoms with Crippen LogP contribution < -0.4 is 11.1 Å². The van der Waals surface area contributed by atoms with Gasteiger partial charge in [-0.1, -0.05) is 6.07 Å². The zero-order valence-corrected chi connectivity index (χ0v) is 12.5. The van der Waals surface area contributed by atoms with E-state index >= 15 is 0 Å². The maximum Gasteiger partial charge on any atom is 0.234 e. The third-order valence-corrected chi connectivity index (χ3v) is 4.80. The molecule has 1 fully saturated rings. The van der Waals surface area contributed by atoms with Crippen LogP contribution in [0.25, 0.3) is 0 Å². The third-order valence-electron chi connectivity index (χ3n) is 3.75. The first-order valence-corrected chi connectivity index (χ1v) is 7.76. The van der Waals surface area contributed by atoms with Crippen molar-refractivity contribution in [3.63, 3.8) is 0 Å². The van der Waals surface area contributed by atoms with E-state index in [4.69, 9.17) is 5.73 Å². The van der Waals surface area contributed by atoms with Crippen molar-refractivity contribution < 1.29 is 4.79 Å². The van der Waals surface area contributed by atoms with Crippen LogP contribution in [0.1, 0.15) is 37.6 Å². The summed E-state index contributed by atoms with van der Waals surface area (Å²) in [7, 11) is 0. The molecule has 0 aromatic carbocycles. The Morgan fingerprint density at radius 2 is 2.47 bits per heavy atom. The Morgan fingerprint density at radius 1 is 1.68 bits per heavy atom. The van der Waals surface area contributed by atoms with Gasteiger partial charge in [0.25, 0.3) is 0 Å². The van der Waals surface area contributed by atoms with Crippen molar-refractivity contribution in [3.05, 3.63) is 22.4 Å². The lowest BCUT2D eigenvalue weighted by atomic mass is 9.99. The molecule has 1 amide bonds. The second kappa shape index (κ2) is 6.50. The lowest BCUT2D eigenvalue weighted by Gasteiger charge is -2.35. The first-order valence-electron chi connectivity index (χ1n) is 6.88. The number of likely N-dealkylation sites (tertiary alicyclic amines) is 1. The van der Waals surface area contributed by atoms with Gasteiger partial charge in [0.15, 0.2) is 0 Å². The SMILES string of the molecule is CC(NC(=O)CN1CCC(N)CC1C)c1cccs1. The molecule has 0 bridgehead atoms. The zero-order chi connectivity index (χ0) is 13.8. The van der Waals surface area contributed by atoms with Crippen LogP contribution in [-0.4, -0.2) is 36.0 Å². The van der Waals surface area contributed by atoms with E-state index in [-0.39, 0.29) is 11.9 Å². The molecule has 1 aromatic heterocycles. The number of nitrogens with two attached hydrogens (primary N) is 1. The van der Waals surface area contributed by atoms with Crippen LogP contribution >= 0.6 is 11.3 Å². The van der Waals surface area contributed by atoms with Crippen molar-refractivity contribution in [3.8, 4) is 0 Å². The van der Waals surface area contributed by atoms with Crippen molar-refractivity contribution in [2.24, 2.45) is 5.73 Å². The standard InChI is InChI=1S/C14H23N3OS/c1-10-8-12(15)5-6-17(10)9-14(18)16-11(2)13-4-3-7-19-13/h3-4,7,10-12H,5-6,8-9,15H2,1-2H3,(H,16,18). The molecular weight excluding hydrogens is 258 g/mol. The van der Waals surface area contributed by atoms with Crippen LogP contribution in [0, 0.1) is 0 Å². The number of hydrogen-bond acceptors (Lipinski definition) is 4. The Bertz CT molecular complexity index is 407. The Hall–Kier alpha value is -0.910. The molecule has 1 aliphatic heterocycles. The zero-order valence-electron chi connectivity index (χ0n) is 11.6. The molecule has 5 heteroatoms. The van der Waals surface area contributed by atoms with Crippen molar-refractivity contribution in [1.82, 2.24) is 10.2 Å². The van der Waals surface area contributed by atoms with Crippen LogP contribution in [0.3, 0.4) is 0 Å². The van der Waals surface area contributed by atoms with Gasteiger partial charge in [-0.25, -0.2) is 0 Å². The number of rotatable bonds is 4. The van der Waals surface area contributed by atoms with Gasteiger partial charge < -0.3 is 11.1 Å². The number of thiophene rings is 1. The van der Waals surface area contributed by atoms with Gasteiger partial charge in [0.05, 0.1) is 12.6 Å². The van der Waals surface area contributed by atoms with E-state index in [0.717, 1.165) is 19.4 Å². The summed E-state index contributed by atoms with van der Waals surface area (Å²) in [5.74, 6) is 0.100. The predicted octanol–water partition coefficient (Wildman–Crippen LogP) is 1.74. The van der Waals surface area contributed by atoms with E-state index < -0.39 is 0 Å². The summed E-state index contributed by atoms with van der Waals surface area (Å²) in [5.41, 5.74) is 5.94. The van der Waals surface area contributed by atoms with Crippen LogP contribution in [0.5, 0.6) is 0 Å². The molecule has 0 aliphatic carbocycles. The molecule has 4 nitrogen and oxygen atoms in total. The summed E-state index contributed by atoms with van der Waals surface area (Å²) in [6.45, 7) is 5.57. The minimum Gasteiger partial charge on any atom is -0.348 e. The van der Waals surface area contributed by atoms with Crippen LogP contribution in [-0.2, 0) is 4.79 Å². The third kappa shape index (κ3) is 4.03. The predicted molar refractivity (Wildman–Crippen MR) is 79.1 cm³/mol. The minimum absolute atomic E-state index is 0.0925. The van der Waals surface area contributed by atoms with Crippen LogP contribution in [0.15, 0.2) is 17.5 Å². The van der Waals surface area contributed by atoms with Gasteiger partial charge in [-0.05, 0) is 38.1 Å². The molecule has 1 aromatic rings. The number of carbonyl (C=O) groups excluding carboxylic acids is 1. The van der Waals surface area contributed by atoms with Gasteiger partial charge in [-0.3, -0.25) is 9.69 Å². The molecule has 0 spiro atoms. The van der Waals surface area contributed by atoms with Gasteiger partial charge in [0.1, 0.15) is 0 Å². The average Bonchev–Trinajstić information content (AvgIpc) is 2.86. The Kier molecular flexibility index (Phi) is 4.96. The molecule has 106 valence electrons. The highest BCUT2D eigenvalue weighted by Gasteiger charge is 2.25. The second-order valence-electron chi connectivity index (χ2n) is 5.41. The fraction of sp³-hybridized carbons (Fsp3) is 0.643. The number of nitrogens with zero attached hydrogens (tertiary/aromatic N) is 1. The molecule has 2 heterocycles. The summed E-state index contributed by atoms with van der Waals surface area (Å²) in [6.07, 6.45) is 1.96. The summed E-state index contributed by atoms with van der Waals surface area (Å²) >= 11 is 1.68. The highest BCUT2D eigenvalue weighted by atomic mass is 32.1. The maximum absolute atomic E-state index is 12.1. The normalized spacial score (nSPS) is 26.1. The van der Waals surface area contributed by atoms with Crippen molar-refractivity contribution >= 4 is 17.2 Å². The summed E-state index contributed by atoms with van der Waals surface area (Å²) in [5, 5.41) is 5.09. The van der Waals surface area contributed by atoms with Crippen molar-refractivity contribution in [2.75, 3.05) is 13.1 Å². The fourth-order valence-corrected chi connectivity index (χ4v) is 3.31. The maximum atomic E-state index is 12.1. The largest absolute Gasteiger partial charge is 0.348 e. The number of amides is 1.